The summed E-state index contributed by atoms with van der Waals surface area (Å²) >= 11 is 0. The molecule has 0 spiro atoms. The third-order valence-corrected chi connectivity index (χ3v) is 5.92. The van der Waals surface area contributed by atoms with Crippen molar-refractivity contribution in [3.8, 4) is 5.75 Å². The van der Waals surface area contributed by atoms with Gasteiger partial charge in [-0.3, -0.25) is 4.79 Å². The molecule has 0 saturated carbocycles. The normalized spacial score (nSPS) is 12.5. The number of anilines is 1. The lowest BCUT2D eigenvalue weighted by Gasteiger charge is -2.21. The predicted molar refractivity (Wildman–Crippen MR) is 116 cm³/mol. The molecule has 1 amide bonds. The van der Waals surface area contributed by atoms with Crippen LogP contribution in [0.5, 0.6) is 5.75 Å². The first-order valence-corrected chi connectivity index (χ1v) is 10.9. The van der Waals surface area contributed by atoms with Crippen molar-refractivity contribution < 1.29 is 17.9 Å². The summed E-state index contributed by atoms with van der Waals surface area (Å²) in [5.74, 6) is 0.117. The molecule has 0 saturated heterocycles. The van der Waals surface area contributed by atoms with E-state index in [-0.39, 0.29) is 15.9 Å². The van der Waals surface area contributed by atoms with Gasteiger partial charge in [-0.1, -0.05) is 32.9 Å². The third kappa shape index (κ3) is 6.05. The van der Waals surface area contributed by atoms with E-state index in [1.54, 1.807) is 32.9 Å². The Morgan fingerprint density at radius 3 is 2.17 bits per heavy atom. The second-order valence-electron chi connectivity index (χ2n) is 9.00. The monoisotopic (exact) mass is 418 g/mol. The van der Waals surface area contributed by atoms with E-state index in [4.69, 9.17) is 4.74 Å². The summed E-state index contributed by atoms with van der Waals surface area (Å²) in [5.41, 5.74) is 1.09. The van der Waals surface area contributed by atoms with Gasteiger partial charge >= 0.3 is 0 Å². The van der Waals surface area contributed by atoms with Gasteiger partial charge in [-0.05, 0) is 62.1 Å². The van der Waals surface area contributed by atoms with E-state index < -0.39 is 21.5 Å². The number of carbonyl (C=O) groups excluding carboxylic acids is 1. The SMILES string of the molecule is COc1ccc(C(C)(C)C)cc1NC(=O)c1cccc(S(=O)(=O)NC(C)(C)C)c1. The Morgan fingerprint density at radius 2 is 1.62 bits per heavy atom. The number of hydrogen-bond acceptors (Lipinski definition) is 4. The Kier molecular flexibility index (Phi) is 6.45. The maximum atomic E-state index is 12.8. The highest BCUT2D eigenvalue weighted by atomic mass is 32.2. The fraction of sp³-hybridized carbons (Fsp3) is 0.409. The number of hydrogen-bond donors (Lipinski definition) is 2. The molecule has 7 heteroatoms. The van der Waals surface area contributed by atoms with Crippen molar-refractivity contribution in [2.24, 2.45) is 0 Å². The van der Waals surface area contributed by atoms with Crippen LogP contribution in [0.25, 0.3) is 0 Å². The van der Waals surface area contributed by atoms with E-state index in [0.29, 0.717) is 11.4 Å². The third-order valence-electron chi connectivity index (χ3n) is 4.16. The molecule has 0 bridgehead atoms. The van der Waals surface area contributed by atoms with Gasteiger partial charge < -0.3 is 10.1 Å². The second kappa shape index (κ2) is 8.16. The van der Waals surface area contributed by atoms with Gasteiger partial charge in [-0.2, -0.15) is 0 Å². The Bertz CT molecular complexity index is 1000. The number of amides is 1. The molecule has 2 N–H and O–H groups in total. The topological polar surface area (TPSA) is 84.5 Å². The van der Waals surface area contributed by atoms with Crippen molar-refractivity contribution in [3.63, 3.8) is 0 Å². The van der Waals surface area contributed by atoms with Crippen LogP contribution in [0.2, 0.25) is 0 Å². The average molecular weight is 419 g/mol. The largest absolute Gasteiger partial charge is 0.495 e. The fourth-order valence-electron chi connectivity index (χ4n) is 2.73. The molecule has 0 radical (unpaired) electrons. The summed E-state index contributed by atoms with van der Waals surface area (Å²) in [6.45, 7) is 11.5. The van der Waals surface area contributed by atoms with E-state index in [2.05, 4.69) is 30.8 Å². The Hall–Kier alpha value is -2.38. The maximum absolute atomic E-state index is 12.8. The molecular formula is C22H30N2O4S. The molecule has 0 atom stereocenters. The van der Waals surface area contributed by atoms with Gasteiger partial charge in [0, 0.05) is 11.1 Å². The van der Waals surface area contributed by atoms with Crippen molar-refractivity contribution in [1.82, 2.24) is 4.72 Å². The van der Waals surface area contributed by atoms with Crippen molar-refractivity contribution in [1.29, 1.82) is 0 Å². The van der Waals surface area contributed by atoms with Crippen LogP contribution in [0, 0.1) is 0 Å². The minimum atomic E-state index is -3.74. The first-order chi connectivity index (χ1) is 13.2. The number of rotatable bonds is 5. The number of nitrogens with one attached hydrogen (secondary N) is 2. The van der Waals surface area contributed by atoms with Gasteiger partial charge in [-0.25, -0.2) is 13.1 Å². The van der Waals surface area contributed by atoms with Crippen molar-refractivity contribution in [2.45, 2.75) is 57.4 Å². The highest BCUT2D eigenvalue weighted by Crippen LogP contribution is 2.31. The second-order valence-corrected chi connectivity index (χ2v) is 10.7. The van der Waals surface area contributed by atoms with Crippen molar-refractivity contribution in [2.75, 3.05) is 12.4 Å². The lowest BCUT2D eigenvalue weighted by molar-refractivity contribution is 0.102. The van der Waals surface area contributed by atoms with Crippen molar-refractivity contribution in [3.05, 3.63) is 53.6 Å². The Labute approximate surface area is 173 Å². The van der Waals surface area contributed by atoms with Gasteiger partial charge in [-0.15, -0.1) is 0 Å². The average Bonchev–Trinajstić information content (AvgIpc) is 2.59. The van der Waals surface area contributed by atoms with Gasteiger partial charge in [0.1, 0.15) is 5.75 Å². The molecule has 0 aliphatic rings. The predicted octanol–water partition coefficient (Wildman–Crippen LogP) is 4.32. The quantitative estimate of drug-likeness (QED) is 0.757. The van der Waals surface area contributed by atoms with Crippen molar-refractivity contribution >= 4 is 21.6 Å². The minimum absolute atomic E-state index is 0.0375. The van der Waals surface area contributed by atoms with Gasteiger partial charge in [0.05, 0.1) is 17.7 Å². The molecule has 29 heavy (non-hydrogen) atoms. The molecule has 0 heterocycles. The Morgan fingerprint density at radius 1 is 0.966 bits per heavy atom. The maximum Gasteiger partial charge on any atom is 0.255 e. The molecular weight excluding hydrogens is 388 g/mol. The summed E-state index contributed by atoms with van der Waals surface area (Å²) in [5, 5.41) is 2.84. The van der Waals surface area contributed by atoms with Crippen LogP contribution in [0.4, 0.5) is 5.69 Å². The molecule has 158 valence electrons. The first-order valence-electron chi connectivity index (χ1n) is 9.37. The zero-order valence-electron chi connectivity index (χ0n) is 18.1. The van der Waals surface area contributed by atoms with Crippen LogP contribution in [0.3, 0.4) is 0 Å². The summed E-state index contributed by atoms with van der Waals surface area (Å²) in [6, 6.07) is 11.6. The number of ether oxygens (including phenoxy) is 1. The summed E-state index contributed by atoms with van der Waals surface area (Å²) in [6.07, 6.45) is 0. The molecule has 0 fully saturated rings. The number of methoxy groups -OCH3 is 1. The van der Waals surface area contributed by atoms with E-state index >= 15 is 0 Å². The highest BCUT2D eigenvalue weighted by Gasteiger charge is 2.23. The zero-order chi connectivity index (χ0) is 22.0. The molecule has 0 aromatic heterocycles. The number of carbonyl (C=O) groups is 1. The van der Waals surface area contributed by atoms with Gasteiger partial charge in [0.2, 0.25) is 10.0 Å². The number of sulfonamides is 1. The fourth-order valence-corrected chi connectivity index (χ4v) is 4.20. The first kappa shape index (κ1) is 22.9. The summed E-state index contributed by atoms with van der Waals surface area (Å²) in [4.78, 5) is 12.9. The smallest absolute Gasteiger partial charge is 0.255 e. The Balaban J connectivity index is 2.35. The van der Waals surface area contributed by atoms with Crippen LogP contribution >= 0.6 is 0 Å². The van der Waals surface area contributed by atoms with E-state index in [9.17, 15) is 13.2 Å². The van der Waals surface area contributed by atoms with E-state index in [0.717, 1.165) is 5.56 Å². The van der Waals surface area contributed by atoms with Crippen LogP contribution in [0.1, 0.15) is 57.5 Å². The molecule has 2 aromatic carbocycles. The van der Waals surface area contributed by atoms with Crippen LogP contribution < -0.4 is 14.8 Å². The molecule has 2 aromatic rings. The minimum Gasteiger partial charge on any atom is -0.495 e. The van der Waals surface area contributed by atoms with Gasteiger partial charge in [0.25, 0.3) is 5.91 Å². The number of benzene rings is 2. The molecule has 6 nitrogen and oxygen atoms in total. The van der Waals surface area contributed by atoms with E-state index in [1.165, 1.54) is 19.2 Å². The highest BCUT2D eigenvalue weighted by molar-refractivity contribution is 7.89. The zero-order valence-corrected chi connectivity index (χ0v) is 18.9. The standard InChI is InChI=1S/C22H30N2O4S/c1-21(2,3)16-11-12-19(28-7)18(14-16)23-20(25)15-9-8-10-17(13-15)29(26,27)24-22(4,5)6/h8-14,24H,1-7H3,(H,23,25). The van der Waals surface area contributed by atoms with E-state index in [1.807, 2.05) is 18.2 Å². The van der Waals surface area contributed by atoms with Crippen LogP contribution in [-0.2, 0) is 15.4 Å². The van der Waals surface area contributed by atoms with Gasteiger partial charge in [0.15, 0.2) is 0 Å². The van der Waals surface area contributed by atoms with Crippen LogP contribution in [-0.4, -0.2) is 27.0 Å². The lowest BCUT2D eigenvalue weighted by atomic mass is 9.87. The summed E-state index contributed by atoms with van der Waals surface area (Å²) in [7, 11) is -2.21. The summed E-state index contributed by atoms with van der Waals surface area (Å²) < 4.78 is 33.1. The van der Waals surface area contributed by atoms with Crippen LogP contribution in [0.15, 0.2) is 47.4 Å². The molecule has 0 aliphatic heterocycles. The molecule has 2 rings (SSSR count). The molecule has 0 unspecified atom stereocenters. The lowest BCUT2D eigenvalue weighted by Crippen LogP contribution is -2.40. The molecule has 0 aliphatic carbocycles.